The first-order chi connectivity index (χ1) is 7.52. The van der Waals surface area contributed by atoms with Gasteiger partial charge in [-0.15, -0.1) is 0 Å². The molecule has 0 saturated heterocycles. The van der Waals surface area contributed by atoms with Crippen molar-refractivity contribution >= 4 is 5.91 Å². The largest absolute Gasteiger partial charge is 0.352 e. The lowest BCUT2D eigenvalue weighted by Crippen LogP contribution is -2.42. The Morgan fingerprint density at radius 3 is 2.44 bits per heavy atom. The molecule has 3 N–H and O–H groups in total. The highest BCUT2D eigenvalue weighted by atomic mass is 16.1. The highest BCUT2D eigenvalue weighted by molar-refractivity contribution is 5.76. The van der Waals surface area contributed by atoms with Crippen LogP contribution in [0.4, 0.5) is 0 Å². The van der Waals surface area contributed by atoms with Gasteiger partial charge in [-0.2, -0.15) is 0 Å². The Kier molecular flexibility index (Phi) is 5.26. The van der Waals surface area contributed by atoms with Crippen LogP contribution in [0.25, 0.3) is 0 Å². The van der Waals surface area contributed by atoms with Crippen molar-refractivity contribution in [3.8, 4) is 0 Å². The second-order valence-corrected chi connectivity index (χ2v) is 5.69. The predicted molar refractivity (Wildman–Crippen MR) is 66.9 cm³/mol. The van der Waals surface area contributed by atoms with Crippen LogP contribution in [0.1, 0.15) is 46.5 Å². The molecule has 0 aromatic carbocycles. The Bertz CT molecular complexity index is 224. The molecule has 0 heterocycles. The zero-order valence-corrected chi connectivity index (χ0v) is 10.8. The summed E-state index contributed by atoms with van der Waals surface area (Å²) in [5.41, 5.74) is 5.66. The lowest BCUT2D eigenvalue weighted by molar-refractivity contribution is -0.122. The molecule has 0 radical (unpaired) electrons. The van der Waals surface area contributed by atoms with E-state index in [9.17, 15) is 4.79 Å². The van der Waals surface area contributed by atoms with Gasteiger partial charge in [0.25, 0.3) is 0 Å². The lowest BCUT2D eigenvalue weighted by atomic mass is 9.95. The molecule has 1 aliphatic carbocycles. The summed E-state index contributed by atoms with van der Waals surface area (Å²) in [6, 6.07) is 0.221. The fourth-order valence-electron chi connectivity index (χ4n) is 2.34. The molecular weight excluding hydrogens is 200 g/mol. The molecule has 94 valence electrons. The summed E-state index contributed by atoms with van der Waals surface area (Å²) < 4.78 is 0. The normalized spacial score (nSPS) is 19.6. The van der Waals surface area contributed by atoms with Crippen LogP contribution in [0.15, 0.2) is 0 Å². The third-order valence-corrected chi connectivity index (χ3v) is 3.20. The first-order valence-electron chi connectivity index (χ1n) is 6.52. The highest BCUT2D eigenvalue weighted by Gasteiger charge is 2.31. The second-order valence-electron chi connectivity index (χ2n) is 5.69. The second kappa shape index (κ2) is 6.24. The van der Waals surface area contributed by atoms with Gasteiger partial charge in [0.05, 0.1) is 0 Å². The van der Waals surface area contributed by atoms with Gasteiger partial charge in [0.2, 0.25) is 5.91 Å². The highest BCUT2D eigenvalue weighted by Crippen LogP contribution is 2.32. The van der Waals surface area contributed by atoms with E-state index in [-0.39, 0.29) is 11.9 Å². The van der Waals surface area contributed by atoms with Gasteiger partial charge < -0.3 is 11.1 Å². The van der Waals surface area contributed by atoms with Crippen molar-refractivity contribution in [3.05, 3.63) is 0 Å². The van der Waals surface area contributed by atoms with E-state index >= 15 is 0 Å². The van der Waals surface area contributed by atoms with Crippen molar-refractivity contribution < 1.29 is 4.79 Å². The van der Waals surface area contributed by atoms with Crippen molar-refractivity contribution in [1.82, 2.24) is 5.32 Å². The van der Waals surface area contributed by atoms with Gasteiger partial charge in [0, 0.05) is 19.0 Å². The van der Waals surface area contributed by atoms with Crippen molar-refractivity contribution in [2.24, 2.45) is 23.5 Å². The van der Waals surface area contributed by atoms with E-state index < -0.39 is 0 Å². The van der Waals surface area contributed by atoms with Crippen LogP contribution in [0.5, 0.6) is 0 Å². The van der Waals surface area contributed by atoms with E-state index in [1.54, 1.807) is 0 Å². The summed E-state index contributed by atoms with van der Waals surface area (Å²) in [5.74, 6) is 1.96. The fraction of sp³-hybridized carbons (Fsp3) is 0.923. The van der Waals surface area contributed by atoms with Crippen LogP contribution in [-0.4, -0.2) is 18.5 Å². The fourth-order valence-corrected chi connectivity index (χ4v) is 2.34. The summed E-state index contributed by atoms with van der Waals surface area (Å²) in [6.45, 7) is 7.12. The summed E-state index contributed by atoms with van der Waals surface area (Å²) >= 11 is 0. The number of hydrogen-bond acceptors (Lipinski definition) is 2. The zero-order valence-electron chi connectivity index (χ0n) is 10.8. The van der Waals surface area contributed by atoms with Crippen LogP contribution in [0.2, 0.25) is 0 Å². The maximum atomic E-state index is 11.8. The molecule has 1 fully saturated rings. The Balaban J connectivity index is 2.23. The molecule has 0 aromatic rings. The minimum absolute atomic E-state index is 0.176. The van der Waals surface area contributed by atoms with Gasteiger partial charge in [0.15, 0.2) is 0 Å². The Morgan fingerprint density at radius 2 is 2.00 bits per heavy atom. The summed E-state index contributed by atoms with van der Waals surface area (Å²) in [5, 5.41) is 3.07. The first-order valence-corrected chi connectivity index (χ1v) is 6.52. The average Bonchev–Trinajstić information content (AvgIpc) is 2.95. The number of rotatable bonds is 7. The SMILES string of the molecule is CC(C)CC(C)CC(=O)NC(CN)C1CC1. The zero-order chi connectivity index (χ0) is 12.1. The molecule has 3 heteroatoms. The Hall–Kier alpha value is -0.570. The van der Waals surface area contributed by atoms with Crippen LogP contribution in [0.3, 0.4) is 0 Å². The van der Waals surface area contributed by atoms with Gasteiger partial charge in [0.1, 0.15) is 0 Å². The van der Waals surface area contributed by atoms with E-state index in [1.807, 2.05) is 0 Å². The molecular formula is C13H26N2O. The van der Waals surface area contributed by atoms with Crippen molar-refractivity contribution in [2.45, 2.75) is 52.5 Å². The molecule has 0 aliphatic heterocycles. The van der Waals surface area contributed by atoms with Gasteiger partial charge in [-0.3, -0.25) is 4.79 Å². The first kappa shape index (κ1) is 13.5. The third kappa shape index (κ3) is 4.97. The van der Waals surface area contributed by atoms with E-state index in [0.29, 0.717) is 30.7 Å². The van der Waals surface area contributed by atoms with Crippen LogP contribution in [0, 0.1) is 17.8 Å². The summed E-state index contributed by atoms with van der Waals surface area (Å²) in [4.78, 5) is 11.8. The third-order valence-electron chi connectivity index (χ3n) is 3.20. The van der Waals surface area contributed by atoms with Crippen LogP contribution < -0.4 is 11.1 Å². The Labute approximate surface area is 99.2 Å². The van der Waals surface area contributed by atoms with Crippen molar-refractivity contribution in [3.63, 3.8) is 0 Å². The van der Waals surface area contributed by atoms with Crippen LogP contribution >= 0.6 is 0 Å². The summed E-state index contributed by atoms with van der Waals surface area (Å²) in [6.07, 6.45) is 4.21. The standard InChI is InChI=1S/C13H26N2O/c1-9(2)6-10(3)7-13(16)15-12(8-14)11-4-5-11/h9-12H,4-8,14H2,1-3H3,(H,15,16). The van der Waals surface area contributed by atoms with Gasteiger partial charge in [-0.05, 0) is 37.0 Å². The average molecular weight is 226 g/mol. The molecule has 2 unspecified atom stereocenters. The lowest BCUT2D eigenvalue weighted by Gasteiger charge is -2.18. The smallest absolute Gasteiger partial charge is 0.220 e. The molecule has 0 bridgehead atoms. The maximum Gasteiger partial charge on any atom is 0.220 e. The number of amides is 1. The van der Waals surface area contributed by atoms with E-state index in [1.165, 1.54) is 12.8 Å². The molecule has 1 rings (SSSR count). The van der Waals surface area contributed by atoms with Crippen LogP contribution in [-0.2, 0) is 4.79 Å². The van der Waals surface area contributed by atoms with Gasteiger partial charge in [-0.25, -0.2) is 0 Å². The molecule has 0 spiro atoms. The monoisotopic (exact) mass is 226 g/mol. The van der Waals surface area contributed by atoms with Crippen molar-refractivity contribution in [2.75, 3.05) is 6.54 Å². The number of nitrogens with one attached hydrogen (secondary N) is 1. The number of carbonyl (C=O) groups is 1. The minimum Gasteiger partial charge on any atom is -0.352 e. The topological polar surface area (TPSA) is 55.1 Å². The molecule has 16 heavy (non-hydrogen) atoms. The number of carbonyl (C=O) groups excluding carboxylic acids is 1. The summed E-state index contributed by atoms with van der Waals surface area (Å²) in [7, 11) is 0. The van der Waals surface area contributed by atoms with E-state index in [2.05, 4.69) is 26.1 Å². The minimum atomic E-state index is 0.176. The molecule has 3 nitrogen and oxygen atoms in total. The molecule has 1 saturated carbocycles. The maximum absolute atomic E-state index is 11.8. The van der Waals surface area contributed by atoms with E-state index in [0.717, 1.165) is 6.42 Å². The predicted octanol–water partition coefficient (Wildman–Crippen LogP) is 1.91. The quantitative estimate of drug-likeness (QED) is 0.697. The van der Waals surface area contributed by atoms with E-state index in [4.69, 9.17) is 5.73 Å². The van der Waals surface area contributed by atoms with Gasteiger partial charge >= 0.3 is 0 Å². The Morgan fingerprint density at radius 1 is 1.38 bits per heavy atom. The molecule has 1 amide bonds. The van der Waals surface area contributed by atoms with Crippen molar-refractivity contribution in [1.29, 1.82) is 0 Å². The molecule has 2 atom stereocenters. The molecule has 0 aromatic heterocycles. The molecule has 1 aliphatic rings. The number of nitrogens with two attached hydrogens (primary N) is 1. The van der Waals surface area contributed by atoms with Gasteiger partial charge in [-0.1, -0.05) is 20.8 Å². The number of hydrogen-bond donors (Lipinski definition) is 2.